The maximum Gasteiger partial charge on any atom is 0.222 e. The molecule has 0 saturated heterocycles. The van der Waals surface area contributed by atoms with Crippen LogP contribution in [0.4, 0.5) is 0 Å². The molecule has 0 fully saturated rings. The molecule has 1 aromatic carbocycles. The number of methoxy groups -OCH3 is 1. The first-order valence-corrected chi connectivity index (χ1v) is 7.24. The standard InChI is InChI=1S/C16H24N2O3/c1-4-5-10-17-16(20)11-15(18-12(2)19)13-6-8-14(21-3)9-7-13/h6-9,15H,4-5,10-11H2,1-3H3,(H,17,20)(H,18,19). The lowest BCUT2D eigenvalue weighted by atomic mass is 10.0. The Morgan fingerprint density at radius 1 is 1.24 bits per heavy atom. The zero-order valence-electron chi connectivity index (χ0n) is 12.9. The van der Waals surface area contributed by atoms with Gasteiger partial charge in [0.1, 0.15) is 5.75 Å². The average molecular weight is 292 g/mol. The molecule has 0 bridgehead atoms. The van der Waals surface area contributed by atoms with Crippen molar-refractivity contribution in [3.05, 3.63) is 29.8 Å². The summed E-state index contributed by atoms with van der Waals surface area (Å²) >= 11 is 0. The van der Waals surface area contributed by atoms with Crippen LogP contribution in [0.25, 0.3) is 0 Å². The smallest absolute Gasteiger partial charge is 0.222 e. The Morgan fingerprint density at radius 3 is 2.43 bits per heavy atom. The molecule has 5 heteroatoms. The first-order valence-electron chi connectivity index (χ1n) is 7.24. The minimum atomic E-state index is -0.324. The van der Waals surface area contributed by atoms with E-state index in [1.165, 1.54) is 6.92 Å². The van der Waals surface area contributed by atoms with E-state index in [4.69, 9.17) is 4.74 Å². The molecule has 0 aliphatic heterocycles. The predicted octanol–water partition coefficient (Wildman–Crippen LogP) is 2.18. The van der Waals surface area contributed by atoms with Gasteiger partial charge < -0.3 is 15.4 Å². The van der Waals surface area contributed by atoms with E-state index in [1.54, 1.807) is 7.11 Å². The number of benzene rings is 1. The Kier molecular flexibility index (Phi) is 7.29. The van der Waals surface area contributed by atoms with Gasteiger partial charge in [-0.25, -0.2) is 0 Å². The van der Waals surface area contributed by atoms with Gasteiger partial charge in [-0.2, -0.15) is 0 Å². The van der Waals surface area contributed by atoms with E-state index >= 15 is 0 Å². The van der Waals surface area contributed by atoms with Gasteiger partial charge in [-0.15, -0.1) is 0 Å². The van der Waals surface area contributed by atoms with Crippen molar-refractivity contribution in [3.8, 4) is 5.75 Å². The van der Waals surface area contributed by atoms with Crippen LogP contribution in [-0.2, 0) is 9.59 Å². The van der Waals surface area contributed by atoms with Crippen LogP contribution in [0.15, 0.2) is 24.3 Å². The minimum absolute atomic E-state index is 0.0574. The Hall–Kier alpha value is -2.04. The molecule has 2 amide bonds. The number of amides is 2. The fraction of sp³-hybridized carbons (Fsp3) is 0.500. The molecule has 5 nitrogen and oxygen atoms in total. The van der Waals surface area contributed by atoms with Gasteiger partial charge in [0.05, 0.1) is 19.6 Å². The van der Waals surface area contributed by atoms with Gasteiger partial charge in [-0.3, -0.25) is 9.59 Å². The highest BCUT2D eigenvalue weighted by molar-refractivity contribution is 5.79. The van der Waals surface area contributed by atoms with Crippen LogP contribution in [0.1, 0.15) is 44.7 Å². The largest absolute Gasteiger partial charge is 0.497 e. The summed E-state index contributed by atoms with van der Waals surface area (Å²) in [5.74, 6) is 0.530. The highest BCUT2D eigenvalue weighted by Crippen LogP contribution is 2.20. The zero-order valence-corrected chi connectivity index (χ0v) is 12.9. The van der Waals surface area contributed by atoms with E-state index in [1.807, 2.05) is 24.3 Å². The molecule has 0 heterocycles. The van der Waals surface area contributed by atoms with E-state index in [0.717, 1.165) is 24.2 Å². The highest BCUT2D eigenvalue weighted by atomic mass is 16.5. The van der Waals surface area contributed by atoms with E-state index in [2.05, 4.69) is 17.6 Å². The summed E-state index contributed by atoms with van der Waals surface area (Å²) in [6.07, 6.45) is 2.22. The van der Waals surface area contributed by atoms with Gasteiger partial charge in [-0.1, -0.05) is 25.5 Å². The Morgan fingerprint density at radius 2 is 1.90 bits per heavy atom. The summed E-state index contributed by atoms with van der Waals surface area (Å²) in [5, 5.41) is 5.68. The van der Waals surface area contributed by atoms with Crippen LogP contribution >= 0.6 is 0 Å². The summed E-state index contributed by atoms with van der Waals surface area (Å²) in [6.45, 7) is 4.19. The number of ether oxygens (including phenoxy) is 1. The summed E-state index contributed by atoms with van der Waals surface area (Å²) in [5.41, 5.74) is 0.886. The van der Waals surface area contributed by atoms with Crippen LogP contribution < -0.4 is 15.4 Å². The second-order valence-corrected chi connectivity index (χ2v) is 4.93. The molecular weight excluding hydrogens is 268 g/mol. The predicted molar refractivity (Wildman–Crippen MR) is 82.1 cm³/mol. The summed E-state index contributed by atoms with van der Waals surface area (Å²) < 4.78 is 5.11. The molecule has 0 spiro atoms. The SMILES string of the molecule is CCCCNC(=O)CC(NC(C)=O)c1ccc(OC)cc1. The molecule has 2 N–H and O–H groups in total. The number of carbonyl (C=O) groups excluding carboxylic acids is 2. The number of hydrogen-bond acceptors (Lipinski definition) is 3. The van der Waals surface area contributed by atoms with Gasteiger partial charge in [0, 0.05) is 13.5 Å². The van der Waals surface area contributed by atoms with E-state index in [-0.39, 0.29) is 24.3 Å². The maximum absolute atomic E-state index is 11.9. The first kappa shape index (κ1) is 17.0. The third-order valence-corrected chi connectivity index (χ3v) is 3.14. The van der Waals surface area contributed by atoms with E-state index < -0.39 is 0 Å². The molecule has 0 aliphatic carbocycles. The molecule has 1 unspecified atom stereocenters. The van der Waals surface area contributed by atoms with Crippen molar-refractivity contribution >= 4 is 11.8 Å². The number of carbonyl (C=O) groups is 2. The average Bonchev–Trinajstić information content (AvgIpc) is 2.46. The van der Waals surface area contributed by atoms with Crippen LogP contribution in [0, 0.1) is 0 Å². The lowest BCUT2D eigenvalue weighted by molar-refractivity contribution is -0.122. The second kappa shape index (κ2) is 9.00. The summed E-state index contributed by atoms with van der Waals surface area (Å²) in [4.78, 5) is 23.2. The van der Waals surface area contributed by atoms with E-state index in [9.17, 15) is 9.59 Å². The topological polar surface area (TPSA) is 67.4 Å². The number of hydrogen-bond donors (Lipinski definition) is 2. The van der Waals surface area contributed by atoms with Gasteiger partial charge >= 0.3 is 0 Å². The monoisotopic (exact) mass is 292 g/mol. The van der Waals surface area contributed by atoms with Crippen molar-refractivity contribution in [1.29, 1.82) is 0 Å². The summed E-state index contributed by atoms with van der Waals surface area (Å²) in [6, 6.07) is 7.03. The van der Waals surface area contributed by atoms with Crippen molar-refractivity contribution < 1.29 is 14.3 Å². The second-order valence-electron chi connectivity index (χ2n) is 4.93. The molecule has 0 aliphatic rings. The molecule has 1 rings (SSSR count). The zero-order chi connectivity index (χ0) is 15.7. The molecule has 1 aromatic rings. The molecule has 0 aromatic heterocycles. The molecule has 116 valence electrons. The van der Waals surface area contributed by atoms with Gasteiger partial charge in [-0.05, 0) is 24.1 Å². The quantitative estimate of drug-likeness (QED) is 0.722. The molecule has 0 saturated carbocycles. The molecule has 0 radical (unpaired) electrons. The van der Waals surface area contributed by atoms with Crippen molar-refractivity contribution in [3.63, 3.8) is 0 Å². The van der Waals surface area contributed by atoms with Crippen molar-refractivity contribution in [2.75, 3.05) is 13.7 Å². The van der Waals surface area contributed by atoms with Crippen LogP contribution in [0.5, 0.6) is 5.75 Å². The Bertz CT molecular complexity index is 457. The lowest BCUT2D eigenvalue weighted by Crippen LogP contribution is -2.33. The minimum Gasteiger partial charge on any atom is -0.497 e. The number of unbranched alkanes of at least 4 members (excludes halogenated alkanes) is 1. The summed E-state index contributed by atoms with van der Waals surface area (Å²) in [7, 11) is 1.60. The fourth-order valence-corrected chi connectivity index (χ4v) is 2.00. The van der Waals surface area contributed by atoms with Gasteiger partial charge in [0.2, 0.25) is 11.8 Å². The Labute approximate surface area is 126 Å². The fourth-order valence-electron chi connectivity index (χ4n) is 2.00. The van der Waals surface area contributed by atoms with Gasteiger partial charge in [0.15, 0.2) is 0 Å². The number of rotatable bonds is 8. The normalized spacial score (nSPS) is 11.6. The van der Waals surface area contributed by atoms with Crippen molar-refractivity contribution in [2.24, 2.45) is 0 Å². The van der Waals surface area contributed by atoms with Crippen LogP contribution in [0.2, 0.25) is 0 Å². The van der Waals surface area contributed by atoms with Crippen molar-refractivity contribution in [1.82, 2.24) is 10.6 Å². The van der Waals surface area contributed by atoms with Gasteiger partial charge in [0.25, 0.3) is 0 Å². The highest BCUT2D eigenvalue weighted by Gasteiger charge is 2.16. The maximum atomic E-state index is 11.9. The van der Waals surface area contributed by atoms with E-state index in [0.29, 0.717) is 6.54 Å². The molecular formula is C16H24N2O3. The Balaban J connectivity index is 2.70. The molecule has 1 atom stereocenters. The molecule has 21 heavy (non-hydrogen) atoms. The third-order valence-electron chi connectivity index (χ3n) is 3.14. The lowest BCUT2D eigenvalue weighted by Gasteiger charge is -2.18. The first-order chi connectivity index (χ1) is 10.1. The third kappa shape index (κ3) is 6.29. The van der Waals surface area contributed by atoms with Crippen LogP contribution in [-0.4, -0.2) is 25.5 Å². The van der Waals surface area contributed by atoms with Crippen molar-refractivity contribution in [2.45, 2.75) is 39.2 Å². The van der Waals surface area contributed by atoms with Crippen LogP contribution in [0.3, 0.4) is 0 Å². The number of nitrogens with one attached hydrogen (secondary N) is 2.